The van der Waals surface area contributed by atoms with Gasteiger partial charge in [0.25, 0.3) is 0 Å². The van der Waals surface area contributed by atoms with Crippen molar-refractivity contribution >= 4 is 0 Å². The summed E-state index contributed by atoms with van der Waals surface area (Å²) in [7, 11) is 1.62. The number of phenolic OH excluding ortho intramolecular Hbond substituents is 1. The van der Waals surface area contributed by atoms with Gasteiger partial charge in [0.1, 0.15) is 11.5 Å². The van der Waals surface area contributed by atoms with Crippen molar-refractivity contribution in [1.29, 1.82) is 0 Å². The lowest BCUT2D eigenvalue weighted by molar-refractivity contribution is 0.413. The minimum Gasteiger partial charge on any atom is -0.508 e. The number of methoxy groups -OCH3 is 1. The molecule has 1 aromatic heterocycles. The Morgan fingerprint density at radius 3 is 2.69 bits per heavy atom. The highest BCUT2D eigenvalue weighted by atomic mass is 16.5. The molecule has 0 amide bonds. The van der Waals surface area contributed by atoms with Crippen LogP contribution in [0.4, 0.5) is 0 Å². The number of hydrogen-bond donors (Lipinski definition) is 1. The van der Waals surface area contributed by atoms with Gasteiger partial charge >= 0.3 is 0 Å². The topological polar surface area (TPSA) is 42.4 Å². The predicted octanol–water partition coefficient (Wildman–Crippen LogP) is 2.77. The largest absolute Gasteiger partial charge is 0.508 e. The molecule has 0 aliphatic carbocycles. The summed E-state index contributed by atoms with van der Waals surface area (Å²) in [6.07, 6.45) is 3.45. The molecule has 1 heterocycles. The number of hydrogen-bond acceptors (Lipinski definition) is 3. The van der Waals surface area contributed by atoms with Crippen molar-refractivity contribution in [1.82, 2.24) is 4.98 Å². The van der Waals surface area contributed by atoms with Gasteiger partial charge in [0, 0.05) is 11.8 Å². The number of ether oxygens (including phenoxy) is 1. The Balaban J connectivity index is 2.49. The fraction of sp³-hybridized carbons (Fsp3) is 0.154. The molecule has 0 saturated heterocycles. The van der Waals surface area contributed by atoms with E-state index in [0.29, 0.717) is 0 Å². The van der Waals surface area contributed by atoms with E-state index in [9.17, 15) is 5.11 Å². The second-order valence-corrected chi connectivity index (χ2v) is 3.61. The van der Waals surface area contributed by atoms with Gasteiger partial charge in [0.05, 0.1) is 13.3 Å². The molecular formula is C13H13NO2. The first-order valence-electron chi connectivity index (χ1n) is 5.00. The molecular weight excluding hydrogens is 202 g/mol. The molecule has 0 bridgehead atoms. The maximum absolute atomic E-state index is 9.34. The zero-order valence-corrected chi connectivity index (χ0v) is 9.27. The van der Waals surface area contributed by atoms with E-state index in [1.165, 1.54) is 0 Å². The lowest BCUT2D eigenvalue weighted by Crippen LogP contribution is -1.88. The van der Waals surface area contributed by atoms with Crippen LogP contribution in [0.5, 0.6) is 11.5 Å². The average molecular weight is 215 g/mol. The normalized spacial score (nSPS) is 10.1. The highest BCUT2D eigenvalue weighted by Crippen LogP contribution is 2.27. The summed E-state index contributed by atoms with van der Waals surface area (Å²) in [5.74, 6) is 1.00. The van der Waals surface area contributed by atoms with E-state index in [-0.39, 0.29) is 5.75 Å². The summed E-state index contributed by atoms with van der Waals surface area (Å²) >= 11 is 0. The molecule has 0 unspecified atom stereocenters. The Labute approximate surface area is 94.3 Å². The molecule has 2 rings (SSSR count). The van der Waals surface area contributed by atoms with E-state index in [1.54, 1.807) is 31.6 Å². The van der Waals surface area contributed by atoms with Gasteiger partial charge in [0.15, 0.2) is 0 Å². The van der Waals surface area contributed by atoms with Crippen LogP contribution < -0.4 is 4.74 Å². The van der Waals surface area contributed by atoms with Gasteiger partial charge < -0.3 is 9.84 Å². The van der Waals surface area contributed by atoms with Crippen molar-refractivity contribution in [3.8, 4) is 22.6 Å². The third-order valence-corrected chi connectivity index (χ3v) is 2.47. The zero-order chi connectivity index (χ0) is 11.5. The summed E-state index contributed by atoms with van der Waals surface area (Å²) in [5.41, 5.74) is 3.04. The standard InChI is InChI=1S/C13H13NO2/c1-9-5-11(15)3-4-13(9)10-6-12(16-2)8-14-7-10/h3-8,15H,1-2H3. The third kappa shape index (κ3) is 1.98. The number of nitrogens with zero attached hydrogens (tertiary/aromatic N) is 1. The van der Waals surface area contributed by atoms with Crippen LogP contribution >= 0.6 is 0 Å². The summed E-state index contributed by atoms with van der Waals surface area (Å²) in [5, 5.41) is 9.34. The molecule has 0 saturated carbocycles. The molecule has 1 N–H and O–H groups in total. The molecule has 82 valence electrons. The molecule has 1 aromatic carbocycles. The van der Waals surface area contributed by atoms with Crippen molar-refractivity contribution in [2.24, 2.45) is 0 Å². The van der Waals surface area contributed by atoms with E-state index in [2.05, 4.69) is 4.98 Å². The summed E-state index contributed by atoms with van der Waals surface area (Å²) in [6.45, 7) is 1.95. The minimum absolute atomic E-state index is 0.275. The Hall–Kier alpha value is -2.03. The molecule has 0 radical (unpaired) electrons. The Kier molecular flexibility index (Phi) is 2.77. The fourth-order valence-electron chi connectivity index (χ4n) is 1.65. The minimum atomic E-state index is 0.275. The van der Waals surface area contributed by atoms with Crippen molar-refractivity contribution in [2.75, 3.05) is 7.11 Å². The van der Waals surface area contributed by atoms with Crippen LogP contribution in [-0.4, -0.2) is 17.2 Å². The maximum Gasteiger partial charge on any atom is 0.137 e. The van der Waals surface area contributed by atoms with Crippen LogP contribution in [0, 0.1) is 6.92 Å². The molecule has 0 fully saturated rings. The smallest absolute Gasteiger partial charge is 0.137 e. The first-order chi connectivity index (χ1) is 7.70. The third-order valence-electron chi connectivity index (χ3n) is 2.47. The van der Waals surface area contributed by atoms with Gasteiger partial charge in [-0.15, -0.1) is 0 Å². The lowest BCUT2D eigenvalue weighted by atomic mass is 10.0. The first-order valence-corrected chi connectivity index (χ1v) is 5.00. The van der Waals surface area contributed by atoms with Gasteiger partial charge in [-0.1, -0.05) is 6.07 Å². The Bertz CT molecular complexity index is 509. The van der Waals surface area contributed by atoms with Crippen molar-refractivity contribution in [3.05, 3.63) is 42.2 Å². The molecule has 0 atom stereocenters. The molecule has 16 heavy (non-hydrogen) atoms. The van der Waals surface area contributed by atoms with E-state index in [4.69, 9.17) is 4.74 Å². The second kappa shape index (κ2) is 4.23. The number of rotatable bonds is 2. The SMILES string of the molecule is COc1cncc(-c2ccc(O)cc2C)c1. The molecule has 3 heteroatoms. The van der Waals surface area contributed by atoms with E-state index >= 15 is 0 Å². The van der Waals surface area contributed by atoms with Crippen LogP contribution in [-0.2, 0) is 0 Å². The van der Waals surface area contributed by atoms with Gasteiger partial charge in [-0.05, 0) is 36.2 Å². The number of pyridine rings is 1. The van der Waals surface area contributed by atoms with Gasteiger partial charge in [0.2, 0.25) is 0 Å². The van der Waals surface area contributed by atoms with E-state index in [1.807, 2.05) is 19.1 Å². The Morgan fingerprint density at radius 1 is 1.19 bits per heavy atom. The predicted molar refractivity (Wildman–Crippen MR) is 62.6 cm³/mol. The number of aromatic hydroxyl groups is 1. The van der Waals surface area contributed by atoms with Crippen LogP contribution in [0.15, 0.2) is 36.7 Å². The van der Waals surface area contributed by atoms with Crippen LogP contribution in [0.25, 0.3) is 11.1 Å². The van der Waals surface area contributed by atoms with Gasteiger partial charge in [-0.2, -0.15) is 0 Å². The molecule has 3 nitrogen and oxygen atoms in total. The van der Waals surface area contributed by atoms with Crippen LogP contribution in [0.2, 0.25) is 0 Å². The zero-order valence-electron chi connectivity index (χ0n) is 9.27. The lowest BCUT2D eigenvalue weighted by Gasteiger charge is -2.07. The summed E-state index contributed by atoms with van der Waals surface area (Å²) in [4.78, 5) is 4.11. The molecule has 0 aliphatic rings. The monoisotopic (exact) mass is 215 g/mol. The Morgan fingerprint density at radius 2 is 2.00 bits per heavy atom. The number of benzene rings is 1. The molecule has 0 aliphatic heterocycles. The summed E-state index contributed by atoms with van der Waals surface area (Å²) < 4.78 is 5.13. The van der Waals surface area contributed by atoms with E-state index in [0.717, 1.165) is 22.4 Å². The van der Waals surface area contributed by atoms with Gasteiger partial charge in [-0.25, -0.2) is 0 Å². The van der Waals surface area contributed by atoms with Crippen molar-refractivity contribution < 1.29 is 9.84 Å². The first kappa shape index (κ1) is 10.5. The van der Waals surface area contributed by atoms with Crippen molar-refractivity contribution in [2.45, 2.75) is 6.92 Å². The average Bonchev–Trinajstić information content (AvgIpc) is 2.29. The van der Waals surface area contributed by atoms with Crippen molar-refractivity contribution in [3.63, 3.8) is 0 Å². The van der Waals surface area contributed by atoms with E-state index < -0.39 is 0 Å². The van der Waals surface area contributed by atoms with Crippen LogP contribution in [0.1, 0.15) is 5.56 Å². The van der Waals surface area contributed by atoms with Gasteiger partial charge in [-0.3, -0.25) is 4.98 Å². The number of aromatic nitrogens is 1. The number of phenols is 1. The molecule has 2 aromatic rings. The quantitative estimate of drug-likeness (QED) is 0.837. The maximum atomic E-state index is 9.34. The highest BCUT2D eigenvalue weighted by Gasteiger charge is 2.04. The second-order valence-electron chi connectivity index (χ2n) is 3.61. The highest BCUT2D eigenvalue weighted by molar-refractivity contribution is 5.68. The van der Waals surface area contributed by atoms with Crippen LogP contribution in [0.3, 0.4) is 0 Å². The fourth-order valence-corrected chi connectivity index (χ4v) is 1.65. The number of aryl methyl sites for hydroxylation is 1. The molecule has 0 spiro atoms. The summed E-state index contributed by atoms with van der Waals surface area (Å²) in [6, 6.07) is 7.20.